The Bertz CT molecular complexity index is 1080. The van der Waals surface area contributed by atoms with E-state index in [0.717, 1.165) is 6.42 Å². The molecule has 0 amide bonds. The molecule has 0 aliphatic carbocycles. The summed E-state index contributed by atoms with van der Waals surface area (Å²) in [5.41, 5.74) is 0.909. The molecule has 1 aliphatic heterocycles. The molecule has 1 N–H and O–H groups in total. The first-order chi connectivity index (χ1) is 14.2. The number of nitrogens with one attached hydrogen (secondary N) is 1. The first-order valence-corrected chi connectivity index (χ1v) is 12.7. The third-order valence-corrected chi connectivity index (χ3v) is 8.29. The fourth-order valence-electron chi connectivity index (χ4n) is 3.21. The number of aryl methyl sites for hydroxylation is 1. The molecule has 2 aromatic carbocycles. The molecule has 0 saturated carbocycles. The van der Waals surface area contributed by atoms with Crippen LogP contribution in [0.1, 0.15) is 18.4 Å². The maximum atomic E-state index is 12.8. The van der Waals surface area contributed by atoms with Crippen LogP contribution in [-0.4, -0.2) is 49.4 Å². The molecule has 1 fully saturated rings. The Kier molecular flexibility index (Phi) is 6.89. The van der Waals surface area contributed by atoms with Gasteiger partial charge in [0.1, 0.15) is 18.1 Å². The third kappa shape index (κ3) is 5.24. The highest BCUT2D eigenvalue weighted by Crippen LogP contribution is 2.27. The number of ether oxygens (including phenoxy) is 2. The second-order valence-electron chi connectivity index (χ2n) is 6.97. The van der Waals surface area contributed by atoms with Gasteiger partial charge in [-0.2, -0.15) is 0 Å². The molecule has 0 unspecified atom stereocenters. The Morgan fingerprint density at radius 2 is 1.77 bits per heavy atom. The Balaban J connectivity index is 1.67. The zero-order chi connectivity index (χ0) is 21.8. The highest BCUT2D eigenvalue weighted by atomic mass is 32.2. The number of benzene rings is 2. The van der Waals surface area contributed by atoms with Crippen molar-refractivity contribution in [3.63, 3.8) is 0 Å². The zero-order valence-corrected chi connectivity index (χ0v) is 18.6. The Hall–Kier alpha value is -2.30. The number of rotatable bonds is 8. The van der Waals surface area contributed by atoms with Gasteiger partial charge in [0.05, 0.1) is 23.4 Å². The first kappa shape index (κ1) is 22.4. The predicted octanol–water partition coefficient (Wildman–Crippen LogP) is 2.29. The number of anilines is 1. The van der Waals surface area contributed by atoms with E-state index in [2.05, 4.69) is 4.72 Å². The molecule has 1 saturated heterocycles. The number of sulfonamides is 2. The van der Waals surface area contributed by atoms with Crippen LogP contribution in [0.15, 0.2) is 47.4 Å². The molecular formula is C20H26N2O6S2. The van der Waals surface area contributed by atoms with Crippen LogP contribution in [-0.2, 0) is 20.0 Å². The Morgan fingerprint density at radius 3 is 2.43 bits per heavy atom. The van der Waals surface area contributed by atoms with Gasteiger partial charge in [0, 0.05) is 13.1 Å². The molecule has 3 rings (SSSR count). The van der Waals surface area contributed by atoms with Gasteiger partial charge >= 0.3 is 0 Å². The SMILES string of the molecule is COc1ccc(OCCNS(=O)(=O)c2cc(N3CCCCS3(=O)=O)ccc2C)cc1. The van der Waals surface area contributed by atoms with E-state index in [1.54, 1.807) is 50.4 Å². The van der Waals surface area contributed by atoms with Crippen molar-refractivity contribution >= 4 is 25.7 Å². The minimum Gasteiger partial charge on any atom is -0.497 e. The van der Waals surface area contributed by atoms with E-state index in [4.69, 9.17) is 9.47 Å². The van der Waals surface area contributed by atoms with Crippen molar-refractivity contribution < 1.29 is 26.3 Å². The minimum absolute atomic E-state index is 0.0604. The lowest BCUT2D eigenvalue weighted by Crippen LogP contribution is -2.38. The average Bonchev–Trinajstić information content (AvgIpc) is 2.72. The van der Waals surface area contributed by atoms with Gasteiger partial charge in [-0.1, -0.05) is 6.07 Å². The molecule has 2 aromatic rings. The summed E-state index contributed by atoms with van der Waals surface area (Å²) in [6.45, 7) is 2.25. The molecule has 10 heteroatoms. The summed E-state index contributed by atoms with van der Waals surface area (Å²) >= 11 is 0. The van der Waals surface area contributed by atoms with Crippen molar-refractivity contribution in [3.8, 4) is 11.5 Å². The second kappa shape index (κ2) is 9.23. The summed E-state index contributed by atoms with van der Waals surface area (Å²) in [5, 5.41) is 0. The van der Waals surface area contributed by atoms with Gasteiger partial charge in [-0.15, -0.1) is 0 Å². The standard InChI is InChI=1S/C20H26N2O6S2/c1-16-5-6-17(22-12-3-4-14-29(22,23)24)15-20(16)30(25,26)21-11-13-28-19-9-7-18(27-2)8-10-19/h5-10,15,21H,3-4,11-14H2,1-2H3. The van der Waals surface area contributed by atoms with E-state index in [9.17, 15) is 16.8 Å². The quantitative estimate of drug-likeness (QED) is 0.614. The number of hydrogen-bond acceptors (Lipinski definition) is 6. The van der Waals surface area contributed by atoms with Crippen LogP contribution < -0.4 is 18.5 Å². The molecule has 0 spiro atoms. The van der Waals surface area contributed by atoms with Gasteiger partial charge in [0.15, 0.2) is 0 Å². The van der Waals surface area contributed by atoms with E-state index in [1.807, 2.05) is 0 Å². The van der Waals surface area contributed by atoms with Gasteiger partial charge in [-0.3, -0.25) is 4.31 Å². The second-order valence-corrected chi connectivity index (χ2v) is 10.7. The monoisotopic (exact) mass is 454 g/mol. The van der Waals surface area contributed by atoms with Gasteiger partial charge in [-0.05, 0) is 61.7 Å². The van der Waals surface area contributed by atoms with Gasteiger partial charge in [0.2, 0.25) is 20.0 Å². The number of hydrogen-bond donors (Lipinski definition) is 1. The summed E-state index contributed by atoms with van der Waals surface area (Å²) in [6, 6.07) is 11.7. The summed E-state index contributed by atoms with van der Waals surface area (Å²) in [5.74, 6) is 1.38. The zero-order valence-electron chi connectivity index (χ0n) is 17.0. The predicted molar refractivity (Wildman–Crippen MR) is 115 cm³/mol. The lowest BCUT2D eigenvalue weighted by Gasteiger charge is -2.28. The highest BCUT2D eigenvalue weighted by Gasteiger charge is 2.27. The average molecular weight is 455 g/mol. The molecule has 0 aromatic heterocycles. The van der Waals surface area contributed by atoms with Crippen molar-refractivity contribution in [2.24, 2.45) is 0 Å². The molecule has 0 radical (unpaired) electrons. The van der Waals surface area contributed by atoms with Crippen LogP contribution in [0.5, 0.6) is 11.5 Å². The van der Waals surface area contributed by atoms with E-state index >= 15 is 0 Å². The highest BCUT2D eigenvalue weighted by molar-refractivity contribution is 7.92. The molecule has 0 bridgehead atoms. The topological polar surface area (TPSA) is 102 Å². The maximum absolute atomic E-state index is 12.8. The summed E-state index contributed by atoms with van der Waals surface area (Å²) in [6.07, 6.45) is 1.36. The normalized spacial score (nSPS) is 16.3. The Labute approximate surface area is 177 Å². The largest absolute Gasteiger partial charge is 0.497 e. The van der Waals surface area contributed by atoms with Crippen molar-refractivity contribution in [1.82, 2.24) is 4.72 Å². The lowest BCUT2D eigenvalue weighted by molar-refractivity contribution is 0.322. The molecular weight excluding hydrogens is 428 g/mol. The summed E-state index contributed by atoms with van der Waals surface area (Å²) < 4.78 is 64.7. The number of nitrogens with zero attached hydrogens (tertiary/aromatic N) is 1. The van der Waals surface area contributed by atoms with Crippen LogP contribution >= 0.6 is 0 Å². The lowest BCUT2D eigenvalue weighted by atomic mass is 10.2. The van der Waals surface area contributed by atoms with E-state index in [0.29, 0.717) is 35.7 Å². The fourth-order valence-corrected chi connectivity index (χ4v) is 6.11. The van der Waals surface area contributed by atoms with Crippen LogP contribution in [0.4, 0.5) is 5.69 Å². The fraction of sp³-hybridized carbons (Fsp3) is 0.400. The number of methoxy groups -OCH3 is 1. The van der Waals surface area contributed by atoms with E-state index in [1.165, 1.54) is 10.4 Å². The van der Waals surface area contributed by atoms with Crippen molar-refractivity contribution in [3.05, 3.63) is 48.0 Å². The van der Waals surface area contributed by atoms with Gasteiger partial charge in [0.25, 0.3) is 0 Å². The van der Waals surface area contributed by atoms with Crippen LogP contribution in [0.2, 0.25) is 0 Å². The van der Waals surface area contributed by atoms with Crippen molar-refractivity contribution in [1.29, 1.82) is 0 Å². The molecule has 1 heterocycles. The van der Waals surface area contributed by atoms with Crippen molar-refractivity contribution in [2.45, 2.75) is 24.7 Å². The Morgan fingerprint density at radius 1 is 1.07 bits per heavy atom. The molecule has 8 nitrogen and oxygen atoms in total. The van der Waals surface area contributed by atoms with Crippen LogP contribution in [0.3, 0.4) is 0 Å². The van der Waals surface area contributed by atoms with E-state index < -0.39 is 20.0 Å². The minimum atomic E-state index is -3.83. The molecule has 0 atom stereocenters. The third-order valence-electron chi connectivity index (χ3n) is 4.82. The molecule has 30 heavy (non-hydrogen) atoms. The summed E-state index contributed by atoms with van der Waals surface area (Å²) in [4.78, 5) is 0.0604. The summed E-state index contributed by atoms with van der Waals surface area (Å²) in [7, 11) is -5.67. The smallest absolute Gasteiger partial charge is 0.241 e. The van der Waals surface area contributed by atoms with Gasteiger partial charge in [-0.25, -0.2) is 21.6 Å². The molecule has 164 valence electrons. The van der Waals surface area contributed by atoms with E-state index in [-0.39, 0.29) is 23.8 Å². The van der Waals surface area contributed by atoms with Crippen molar-refractivity contribution in [2.75, 3.05) is 36.9 Å². The molecule has 1 aliphatic rings. The first-order valence-electron chi connectivity index (χ1n) is 9.60. The maximum Gasteiger partial charge on any atom is 0.241 e. The van der Waals surface area contributed by atoms with Gasteiger partial charge < -0.3 is 9.47 Å². The van der Waals surface area contributed by atoms with Crippen LogP contribution in [0, 0.1) is 6.92 Å². The van der Waals surface area contributed by atoms with Crippen LogP contribution in [0.25, 0.3) is 0 Å².